The highest BCUT2D eigenvalue weighted by molar-refractivity contribution is 6.33. The number of anilines is 1. The number of unbranched alkanes of at least 4 members (excludes halogenated alkanes) is 3. The van der Waals surface area contributed by atoms with Gasteiger partial charge in [-0.05, 0) is 67.4 Å². The number of Topliss-reactive ketones (excluding diaryl/α,β-unsaturated/α-hetero) is 2. The monoisotopic (exact) mass is 562 g/mol. The van der Waals surface area contributed by atoms with Gasteiger partial charge in [-0.3, -0.25) is 9.59 Å². The van der Waals surface area contributed by atoms with Crippen LogP contribution in [0.1, 0.15) is 98.1 Å². The zero-order valence-corrected chi connectivity index (χ0v) is 24.6. The maximum absolute atomic E-state index is 14.2. The number of pyridine rings is 1. The predicted molar refractivity (Wildman–Crippen MR) is 157 cm³/mol. The minimum atomic E-state index is -2.05. The molecule has 8 heteroatoms. The molecule has 0 spiro atoms. The smallest absolute Gasteiger partial charge is 0.350 e. The van der Waals surface area contributed by atoms with Crippen molar-refractivity contribution in [1.29, 1.82) is 0 Å². The lowest BCUT2D eigenvalue weighted by atomic mass is 9.69. The fourth-order valence-corrected chi connectivity index (χ4v) is 5.87. The molecule has 2 unspecified atom stereocenters. The van der Waals surface area contributed by atoms with Crippen LogP contribution in [0.2, 0.25) is 0 Å². The summed E-state index contributed by atoms with van der Waals surface area (Å²) in [4.78, 5) is 46.1. The average molecular weight is 563 g/mol. The molecular weight excluding hydrogens is 520 g/mol. The molecule has 1 aliphatic heterocycles. The third-order valence-corrected chi connectivity index (χ3v) is 8.20. The summed E-state index contributed by atoms with van der Waals surface area (Å²) in [6.45, 7) is 7.86. The standard InChI is InChI=1S/C33H42N2O6/c1-5-6-7-8-16-40-31(39)33-30(38)28-24(17-21(2)3)10-9-11-26(28)29(37)32(33,41-33)19-25(20-36)22(4)12-13-23-14-15-35-27(34)18-23/h9-11,14-15,18,21,36H,5-8,12-13,16-17,19-20H2,1-4H3,(H2,34,35). The van der Waals surface area contributed by atoms with Crippen LogP contribution in [0, 0.1) is 5.92 Å². The summed E-state index contributed by atoms with van der Waals surface area (Å²) in [5.41, 5.74) is 5.67. The Hall–Kier alpha value is -3.36. The van der Waals surface area contributed by atoms with Gasteiger partial charge in [0, 0.05) is 23.7 Å². The molecule has 8 nitrogen and oxygen atoms in total. The lowest BCUT2D eigenvalue weighted by Crippen LogP contribution is -2.51. The number of nitrogens with zero attached hydrogens (tertiary/aromatic N) is 1. The van der Waals surface area contributed by atoms with Gasteiger partial charge in [-0.25, -0.2) is 9.78 Å². The molecule has 3 N–H and O–H groups in total. The minimum absolute atomic E-state index is 0.0722. The third kappa shape index (κ3) is 5.86. The van der Waals surface area contributed by atoms with E-state index in [2.05, 4.69) is 11.9 Å². The molecule has 1 aliphatic carbocycles. The van der Waals surface area contributed by atoms with Crippen LogP contribution in [-0.4, -0.2) is 52.0 Å². The number of ketones is 2. The number of nitrogen functional groups attached to an aromatic ring is 1. The molecule has 1 aromatic carbocycles. The van der Waals surface area contributed by atoms with Crippen LogP contribution in [0.25, 0.3) is 0 Å². The van der Waals surface area contributed by atoms with Crippen molar-refractivity contribution >= 4 is 23.4 Å². The predicted octanol–water partition coefficient (Wildman–Crippen LogP) is 5.20. The molecule has 2 atom stereocenters. The van der Waals surface area contributed by atoms with Crippen LogP contribution in [-0.2, 0) is 27.1 Å². The molecule has 1 saturated heterocycles. The lowest BCUT2D eigenvalue weighted by molar-refractivity contribution is -0.148. The van der Waals surface area contributed by atoms with Gasteiger partial charge in [0.2, 0.25) is 5.78 Å². The molecule has 0 saturated carbocycles. The van der Waals surface area contributed by atoms with Crippen LogP contribution in [0.4, 0.5) is 5.82 Å². The SMILES string of the molecule is CCCCCCOC(=O)C12OC1(CC(CO)=C(C)CCc1ccnc(N)c1)C(=O)c1cccc(CC(C)C)c1C2=O. The Balaban J connectivity index is 1.69. The maximum atomic E-state index is 14.2. The van der Waals surface area contributed by atoms with Crippen LogP contribution in [0.15, 0.2) is 47.7 Å². The van der Waals surface area contributed by atoms with Gasteiger partial charge in [0.15, 0.2) is 11.4 Å². The second-order valence-corrected chi connectivity index (χ2v) is 11.7. The number of nitrogens with two attached hydrogens (primary N) is 1. The number of carbonyl (C=O) groups is 3. The summed E-state index contributed by atoms with van der Waals surface area (Å²) in [7, 11) is 0. The summed E-state index contributed by atoms with van der Waals surface area (Å²) in [5.74, 6) is -1.10. The molecule has 0 radical (unpaired) electrons. The number of hydrogen-bond acceptors (Lipinski definition) is 8. The van der Waals surface area contributed by atoms with Gasteiger partial charge < -0.3 is 20.3 Å². The van der Waals surface area contributed by atoms with Crippen molar-refractivity contribution in [2.75, 3.05) is 18.9 Å². The molecule has 2 heterocycles. The number of carbonyl (C=O) groups excluding carboxylic acids is 3. The molecule has 4 rings (SSSR count). The largest absolute Gasteiger partial charge is 0.463 e. The molecular formula is C33H42N2O6. The first-order valence-corrected chi connectivity index (χ1v) is 14.7. The van der Waals surface area contributed by atoms with Gasteiger partial charge in [-0.15, -0.1) is 0 Å². The Morgan fingerprint density at radius 3 is 2.61 bits per heavy atom. The first kappa shape index (κ1) is 30.6. The Labute approximate surface area is 242 Å². The van der Waals surface area contributed by atoms with E-state index in [0.717, 1.165) is 36.0 Å². The zero-order valence-electron chi connectivity index (χ0n) is 24.6. The zero-order chi connectivity index (χ0) is 29.8. The molecule has 2 aliphatic rings. The van der Waals surface area contributed by atoms with E-state index in [1.807, 2.05) is 32.9 Å². The van der Waals surface area contributed by atoms with Crippen molar-refractivity contribution in [1.82, 2.24) is 4.98 Å². The van der Waals surface area contributed by atoms with Crippen molar-refractivity contribution in [3.8, 4) is 0 Å². The number of benzene rings is 1. The van der Waals surface area contributed by atoms with E-state index in [0.29, 0.717) is 37.1 Å². The highest BCUT2D eigenvalue weighted by Crippen LogP contribution is 2.60. The van der Waals surface area contributed by atoms with Gasteiger partial charge in [0.25, 0.3) is 5.60 Å². The van der Waals surface area contributed by atoms with Crippen LogP contribution in [0.5, 0.6) is 0 Å². The van der Waals surface area contributed by atoms with Gasteiger partial charge in [-0.1, -0.05) is 63.8 Å². The van der Waals surface area contributed by atoms with E-state index in [1.54, 1.807) is 24.4 Å². The summed E-state index contributed by atoms with van der Waals surface area (Å²) in [6, 6.07) is 8.90. The van der Waals surface area contributed by atoms with Crippen molar-refractivity contribution in [2.24, 2.45) is 5.92 Å². The number of aliphatic hydroxyl groups is 1. The summed E-state index contributed by atoms with van der Waals surface area (Å²) < 4.78 is 11.7. The highest BCUT2D eigenvalue weighted by Gasteiger charge is 2.85. The normalized spacial score (nSPS) is 21.8. The van der Waals surface area contributed by atoms with Crippen molar-refractivity contribution < 1.29 is 29.0 Å². The number of rotatable bonds is 14. The second kappa shape index (κ2) is 12.7. The van der Waals surface area contributed by atoms with Crippen molar-refractivity contribution in [2.45, 2.75) is 90.3 Å². The van der Waals surface area contributed by atoms with E-state index < -0.39 is 28.7 Å². The van der Waals surface area contributed by atoms with Crippen molar-refractivity contribution in [3.63, 3.8) is 0 Å². The Morgan fingerprint density at radius 2 is 1.93 bits per heavy atom. The van der Waals surface area contributed by atoms with E-state index in [-0.39, 0.29) is 36.7 Å². The number of fused-ring (bicyclic) bond motifs is 2. The molecule has 0 amide bonds. The van der Waals surface area contributed by atoms with Crippen LogP contribution >= 0.6 is 0 Å². The lowest BCUT2D eigenvalue weighted by Gasteiger charge is -2.27. The van der Waals surface area contributed by atoms with Crippen molar-refractivity contribution in [3.05, 3.63) is 69.9 Å². The minimum Gasteiger partial charge on any atom is -0.463 e. The van der Waals surface area contributed by atoms with E-state index in [1.165, 1.54) is 0 Å². The molecule has 0 bridgehead atoms. The van der Waals surface area contributed by atoms with E-state index in [4.69, 9.17) is 15.2 Å². The Morgan fingerprint density at radius 1 is 1.15 bits per heavy atom. The number of aromatic nitrogens is 1. The average Bonchev–Trinajstić information content (AvgIpc) is 3.64. The first-order chi connectivity index (χ1) is 19.6. The molecule has 1 aromatic heterocycles. The number of epoxide rings is 1. The molecule has 41 heavy (non-hydrogen) atoms. The topological polar surface area (TPSA) is 132 Å². The summed E-state index contributed by atoms with van der Waals surface area (Å²) in [5, 5.41) is 10.4. The number of esters is 1. The molecule has 220 valence electrons. The number of aliphatic hydroxyl groups excluding tert-OH is 1. The molecule has 2 aromatic rings. The van der Waals surface area contributed by atoms with Crippen LogP contribution in [0.3, 0.4) is 0 Å². The van der Waals surface area contributed by atoms with Gasteiger partial charge in [0.05, 0.1) is 13.2 Å². The summed E-state index contributed by atoms with van der Waals surface area (Å²) in [6.07, 6.45) is 7.01. The fourth-order valence-electron chi connectivity index (χ4n) is 5.87. The van der Waals surface area contributed by atoms with Gasteiger partial charge in [-0.2, -0.15) is 0 Å². The van der Waals surface area contributed by atoms with Gasteiger partial charge >= 0.3 is 5.97 Å². The second-order valence-electron chi connectivity index (χ2n) is 11.7. The first-order valence-electron chi connectivity index (χ1n) is 14.7. The maximum Gasteiger partial charge on any atom is 0.350 e. The number of aryl methyl sites for hydroxylation is 1. The quantitative estimate of drug-likeness (QED) is 0.106. The Kier molecular flexibility index (Phi) is 9.44. The fraction of sp³-hybridized carbons (Fsp3) is 0.515. The third-order valence-electron chi connectivity index (χ3n) is 8.20. The van der Waals surface area contributed by atoms with Gasteiger partial charge in [0.1, 0.15) is 5.82 Å². The highest BCUT2D eigenvalue weighted by atomic mass is 16.7. The number of hydrogen-bond donors (Lipinski definition) is 2. The Bertz CT molecular complexity index is 1350. The van der Waals surface area contributed by atoms with E-state index >= 15 is 0 Å². The summed E-state index contributed by atoms with van der Waals surface area (Å²) >= 11 is 0. The van der Waals surface area contributed by atoms with Crippen LogP contribution < -0.4 is 5.73 Å². The number of allylic oxidation sites excluding steroid dienone is 1. The molecule has 1 fully saturated rings. The van der Waals surface area contributed by atoms with E-state index in [9.17, 15) is 19.5 Å². The number of ether oxygens (including phenoxy) is 2.